The van der Waals surface area contributed by atoms with Crippen LogP contribution in [0.5, 0.6) is 0 Å². The van der Waals surface area contributed by atoms with Gasteiger partial charge in [0.05, 0.1) is 6.42 Å². The highest BCUT2D eigenvalue weighted by molar-refractivity contribution is 6.30. The van der Waals surface area contributed by atoms with Crippen molar-refractivity contribution in [3.63, 3.8) is 0 Å². The summed E-state index contributed by atoms with van der Waals surface area (Å²) >= 11 is 5.78. The fourth-order valence-corrected chi connectivity index (χ4v) is 1.72. The summed E-state index contributed by atoms with van der Waals surface area (Å²) in [6.45, 7) is 1.93. The molecule has 0 fully saturated rings. The van der Waals surface area contributed by atoms with Gasteiger partial charge in [-0.15, -0.1) is 0 Å². The van der Waals surface area contributed by atoms with Crippen LogP contribution < -0.4 is 5.32 Å². The molecule has 5 heteroatoms. The topological polar surface area (TPSA) is 46.9 Å². The summed E-state index contributed by atoms with van der Waals surface area (Å²) in [6, 6.07) is 9.06. The van der Waals surface area contributed by atoms with E-state index in [0.717, 1.165) is 11.3 Å². The van der Waals surface area contributed by atoms with Crippen molar-refractivity contribution in [1.82, 2.24) is 9.78 Å². The lowest BCUT2D eigenvalue weighted by atomic mass is 10.1. The summed E-state index contributed by atoms with van der Waals surface area (Å²) in [4.78, 5) is 11.8. The van der Waals surface area contributed by atoms with Crippen LogP contribution in [0.4, 0.5) is 5.82 Å². The smallest absolute Gasteiger partial charge is 0.229 e. The molecule has 0 atom stereocenters. The molecule has 1 N–H and O–H groups in total. The number of hydrogen-bond acceptors (Lipinski definition) is 2. The molecule has 1 aromatic carbocycles. The Morgan fingerprint density at radius 3 is 2.61 bits per heavy atom. The first-order valence-corrected chi connectivity index (χ1v) is 5.97. The van der Waals surface area contributed by atoms with Gasteiger partial charge >= 0.3 is 0 Å². The second-order valence-corrected chi connectivity index (χ2v) is 4.58. The van der Waals surface area contributed by atoms with Gasteiger partial charge in [-0.3, -0.25) is 9.48 Å². The van der Waals surface area contributed by atoms with Crippen molar-refractivity contribution < 1.29 is 4.79 Å². The van der Waals surface area contributed by atoms with E-state index in [1.807, 2.05) is 32.2 Å². The number of aryl methyl sites for hydroxylation is 2. The number of anilines is 1. The molecule has 0 saturated carbocycles. The zero-order valence-corrected chi connectivity index (χ0v) is 11.0. The average Bonchev–Trinajstić information content (AvgIpc) is 2.61. The zero-order valence-electron chi connectivity index (χ0n) is 10.3. The van der Waals surface area contributed by atoms with Crippen molar-refractivity contribution in [1.29, 1.82) is 0 Å². The molecule has 0 aliphatic carbocycles. The minimum atomic E-state index is -0.0876. The molecule has 0 spiro atoms. The highest BCUT2D eigenvalue weighted by Gasteiger charge is 2.07. The lowest BCUT2D eigenvalue weighted by Gasteiger charge is -2.02. The first-order valence-electron chi connectivity index (χ1n) is 5.59. The molecule has 2 aromatic rings. The molecule has 0 saturated heterocycles. The highest BCUT2D eigenvalue weighted by Crippen LogP contribution is 2.11. The Balaban J connectivity index is 1.98. The van der Waals surface area contributed by atoms with Gasteiger partial charge < -0.3 is 5.32 Å². The normalized spacial score (nSPS) is 10.4. The van der Waals surface area contributed by atoms with Crippen LogP contribution in [-0.4, -0.2) is 15.7 Å². The molecular weight excluding hydrogens is 250 g/mol. The Morgan fingerprint density at radius 1 is 1.39 bits per heavy atom. The maximum atomic E-state index is 11.8. The quantitative estimate of drug-likeness (QED) is 0.925. The summed E-state index contributed by atoms with van der Waals surface area (Å²) in [7, 11) is 1.84. The van der Waals surface area contributed by atoms with Gasteiger partial charge in [0.25, 0.3) is 0 Å². The molecule has 0 aliphatic rings. The van der Waals surface area contributed by atoms with Crippen molar-refractivity contribution in [3.8, 4) is 0 Å². The predicted octanol–water partition coefficient (Wildman–Crippen LogP) is 2.56. The van der Waals surface area contributed by atoms with E-state index in [4.69, 9.17) is 11.6 Å². The number of nitrogens with one attached hydrogen (secondary N) is 1. The van der Waals surface area contributed by atoms with E-state index in [1.165, 1.54) is 0 Å². The van der Waals surface area contributed by atoms with Crippen molar-refractivity contribution in [2.45, 2.75) is 13.3 Å². The lowest BCUT2D eigenvalue weighted by molar-refractivity contribution is -0.115. The Kier molecular flexibility index (Phi) is 3.67. The van der Waals surface area contributed by atoms with Crippen LogP contribution >= 0.6 is 11.6 Å². The number of halogens is 1. The van der Waals surface area contributed by atoms with Gasteiger partial charge in [0.2, 0.25) is 5.91 Å². The fourth-order valence-electron chi connectivity index (χ4n) is 1.60. The lowest BCUT2D eigenvalue weighted by Crippen LogP contribution is -2.14. The molecule has 0 unspecified atom stereocenters. The third-order valence-corrected chi connectivity index (χ3v) is 2.91. The van der Waals surface area contributed by atoms with Crippen molar-refractivity contribution in [2.24, 2.45) is 7.05 Å². The van der Waals surface area contributed by atoms with E-state index in [9.17, 15) is 4.79 Å². The van der Waals surface area contributed by atoms with Crippen molar-refractivity contribution in [3.05, 3.63) is 46.6 Å². The maximum absolute atomic E-state index is 11.8. The Hall–Kier alpha value is -1.81. The summed E-state index contributed by atoms with van der Waals surface area (Å²) < 4.78 is 1.72. The summed E-state index contributed by atoms with van der Waals surface area (Å²) in [6.07, 6.45) is 0.312. The van der Waals surface area contributed by atoms with Crippen LogP contribution in [0.25, 0.3) is 0 Å². The van der Waals surface area contributed by atoms with Gasteiger partial charge in [-0.05, 0) is 24.6 Å². The van der Waals surface area contributed by atoms with Crippen LogP contribution in [0.15, 0.2) is 30.3 Å². The molecule has 1 aromatic heterocycles. The van der Waals surface area contributed by atoms with Crippen LogP contribution in [0, 0.1) is 6.92 Å². The Labute approximate surface area is 111 Å². The average molecular weight is 264 g/mol. The zero-order chi connectivity index (χ0) is 13.1. The summed E-state index contributed by atoms with van der Waals surface area (Å²) in [5.41, 5.74) is 1.92. The monoisotopic (exact) mass is 263 g/mol. The Bertz CT molecular complexity index is 541. The fraction of sp³-hybridized carbons (Fsp3) is 0.231. The van der Waals surface area contributed by atoms with Crippen molar-refractivity contribution >= 4 is 23.3 Å². The largest absolute Gasteiger partial charge is 0.309 e. The van der Waals surface area contributed by atoms with E-state index >= 15 is 0 Å². The molecule has 94 valence electrons. The summed E-state index contributed by atoms with van der Waals surface area (Å²) in [5, 5.41) is 7.60. The molecule has 0 bridgehead atoms. The minimum absolute atomic E-state index is 0.0876. The second kappa shape index (κ2) is 5.23. The first kappa shape index (κ1) is 12.6. The van der Waals surface area contributed by atoms with Gasteiger partial charge in [-0.25, -0.2) is 0 Å². The van der Waals surface area contributed by atoms with Gasteiger partial charge in [-0.2, -0.15) is 5.10 Å². The molecule has 0 aliphatic heterocycles. The van der Waals surface area contributed by atoms with E-state index in [-0.39, 0.29) is 5.91 Å². The third kappa shape index (κ3) is 3.11. The molecule has 18 heavy (non-hydrogen) atoms. The third-order valence-electron chi connectivity index (χ3n) is 2.66. The molecule has 2 rings (SSSR count). The van der Waals surface area contributed by atoms with Crippen LogP contribution in [0.1, 0.15) is 11.3 Å². The van der Waals surface area contributed by atoms with E-state index in [0.29, 0.717) is 17.3 Å². The number of carbonyl (C=O) groups is 1. The van der Waals surface area contributed by atoms with E-state index in [2.05, 4.69) is 10.4 Å². The number of rotatable bonds is 3. The minimum Gasteiger partial charge on any atom is -0.309 e. The molecule has 1 amide bonds. The Morgan fingerprint density at radius 2 is 2.06 bits per heavy atom. The maximum Gasteiger partial charge on any atom is 0.229 e. The summed E-state index contributed by atoms with van der Waals surface area (Å²) in [5.74, 6) is 0.490. The SMILES string of the molecule is Cc1cc(NC(=O)Cc2ccc(Cl)cc2)nn1C. The number of benzene rings is 1. The number of hydrogen-bond donors (Lipinski definition) is 1. The van der Waals surface area contributed by atoms with E-state index in [1.54, 1.807) is 16.8 Å². The first-order chi connectivity index (χ1) is 8.54. The molecule has 0 radical (unpaired) electrons. The number of amides is 1. The van der Waals surface area contributed by atoms with Crippen LogP contribution in [0.2, 0.25) is 5.02 Å². The van der Waals surface area contributed by atoms with Gasteiger partial charge in [0.1, 0.15) is 0 Å². The van der Waals surface area contributed by atoms with Crippen LogP contribution in [-0.2, 0) is 18.3 Å². The molecule has 4 nitrogen and oxygen atoms in total. The standard InChI is InChI=1S/C13H14ClN3O/c1-9-7-12(16-17(9)2)15-13(18)8-10-3-5-11(14)6-4-10/h3-7H,8H2,1-2H3,(H,15,16,18). The number of carbonyl (C=O) groups excluding carboxylic acids is 1. The second-order valence-electron chi connectivity index (χ2n) is 4.15. The van der Waals surface area contributed by atoms with Crippen LogP contribution in [0.3, 0.4) is 0 Å². The van der Waals surface area contributed by atoms with Gasteiger partial charge in [0.15, 0.2) is 5.82 Å². The number of aromatic nitrogens is 2. The van der Waals surface area contributed by atoms with E-state index < -0.39 is 0 Å². The van der Waals surface area contributed by atoms with Gasteiger partial charge in [-0.1, -0.05) is 23.7 Å². The van der Waals surface area contributed by atoms with Gasteiger partial charge in [0, 0.05) is 23.8 Å². The molecule has 1 heterocycles. The predicted molar refractivity (Wildman–Crippen MR) is 71.7 cm³/mol. The number of nitrogens with zero attached hydrogens (tertiary/aromatic N) is 2. The van der Waals surface area contributed by atoms with Crippen molar-refractivity contribution in [2.75, 3.05) is 5.32 Å². The highest BCUT2D eigenvalue weighted by atomic mass is 35.5. The molecular formula is C13H14ClN3O.